The number of rotatable bonds is 11. The summed E-state index contributed by atoms with van der Waals surface area (Å²) in [4.78, 5) is 24.8. The lowest BCUT2D eigenvalue weighted by Crippen LogP contribution is -2.35. The summed E-state index contributed by atoms with van der Waals surface area (Å²) in [6.07, 6.45) is -0.952. The Morgan fingerprint density at radius 3 is 2.29 bits per heavy atom. The Morgan fingerprint density at radius 1 is 1.00 bits per heavy atom. The molecule has 0 fully saturated rings. The average molecular weight is 494 g/mol. The molecule has 0 saturated carbocycles. The van der Waals surface area contributed by atoms with Crippen molar-refractivity contribution in [3.63, 3.8) is 0 Å². The maximum atomic E-state index is 12.4. The van der Waals surface area contributed by atoms with Crippen LogP contribution in [-0.2, 0) is 27.3 Å². The number of halogens is 1. The summed E-state index contributed by atoms with van der Waals surface area (Å²) in [6.45, 7) is 6.53. The van der Waals surface area contributed by atoms with Crippen molar-refractivity contribution in [1.29, 1.82) is 0 Å². The fourth-order valence-corrected chi connectivity index (χ4v) is 3.33. The summed E-state index contributed by atoms with van der Waals surface area (Å²) in [5.74, 6) is 0.917. The molecule has 0 saturated heterocycles. The smallest absolute Gasteiger partial charge is 0.311 e. The molecule has 2 aromatic rings. The second-order valence-electron chi connectivity index (χ2n) is 6.59. The molecule has 8 heteroatoms. The molecule has 0 spiro atoms. The molecule has 1 N–H and O–H groups in total. The average Bonchev–Trinajstić information content (AvgIpc) is 2.75. The fraction of sp³-hybridized carbons (Fsp3) is 0.391. The van der Waals surface area contributed by atoms with Gasteiger partial charge in [-0.15, -0.1) is 0 Å². The minimum Gasteiger partial charge on any atom is -0.496 e. The Kier molecular flexibility index (Phi) is 9.65. The van der Waals surface area contributed by atoms with E-state index in [-0.39, 0.29) is 18.9 Å². The molecule has 1 amide bonds. The monoisotopic (exact) mass is 493 g/mol. The normalized spacial score (nSPS) is 11.4. The molecule has 2 rings (SSSR count). The minimum atomic E-state index is -0.935. The molecule has 0 aliphatic carbocycles. The zero-order valence-electron chi connectivity index (χ0n) is 18.2. The number of hydrogen-bond donors (Lipinski definition) is 1. The Labute approximate surface area is 191 Å². The maximum Gasteiger partial charge on any atom is 0.311 e. The van der Waals surface area contributed by atoms with Gasteiger partial charge in [-0.1, -0.05) is 34.1 Å². The van der Waals surface area contributed by atoms with Crippen LogP contribution in [0.1, 0.15) is 31.9 Å². The van der Waals surface area contributed by atoms with E-state index in [1.165, 1.54) is 6.92 Å². The van der Waals surface area contributed by atoms with Crippen LogP contribution in [0.2, 0.25) is 0 Å². The van der Waals surface area contributed by atoms with Gasteiger partial charge in [-0.25, -0.2) is 0 Å². The summed E-state index contributed by atoms with van der Waals surface area (Å²) in [6, 6.07) is 10.9. The van der Waals surface area contributed by atoms with Crippen LogP contribution in [0.15, 0.2) is 40.9 Å². The standard InChI is InChI=1S/C23H28BrNO6/c1-5-29-20-11-17(18(24)13-21(20)30-6-2)12-22(26)31-15(3)23(27)25-14-16-9-7-8-10-19(16)28-4/h7-11,13,15H,5-6,12,14H2,1-4H3,(H,25,27). The van der Waals surface area contributed by atoms with Gasteiger partial charge in [0.25, 0.3) is 5.91 Å². The second kappa shape index (κ2) is 12.2. The number of hydrogen-bond acceptors (Lipinski definition) is 6. The number of nitrogens with one attached hydrogen (secondary N) is 1. The molecule has 1 atom stereocenters. The van der Waals surface area contributed by atoms with Gasteiger partial charge in [-0.3, -0.25) is 9.59 Å². The zero-order chi connectivity index (χ0) is 22.8. The van der Waals surface area contributed by atoms with Crippen molar-refractivity contribution in [3.8, 4) is 17.2 Å². The number of carbonyl (C=O) groups is 2. The summed E-state index contributed by atoms with van der Waals surface area (Å²) in [7, 11) is 1.57. The van der Waals surface area contributed by atoms with E-state index in [0.29, 0.717) is 40.5 Å². The van der Waals surface area contributed by atoms with E-state index >= 15 is 0 Å². The van der Waals surface area contributed by atoms with Crippen LogP contribution in [0.4, 0.5) is 0 Å². The van der Waals surface area contributed by atoms with E-state index in [0.717, 1.165) is 5.56 Å². The van der Waals surface area contributed by atoms with Crippen LogP contribution in [0.25, 0.3) is 0 Å². The molecule has 2 aromatic carbocycles. The highest BCUT2D eigenvalue weighted by molar-refractivity contribution is 9.10. The number of amides is 1. The van der Waals surface area contributed by atoms with Crippen molar-refractivity contribution in [3.05, 3.63) is 52.0 Å². The highest BCUT2D eigenvalue weighted by Crippen LogP contribution is 2.34. The number of carbonyl (C=O) groups excluding carboxylic acids is 2. The third kappa shape index (κ3) is 7.17. The summed E-state index contributed by atoms with van der Waals surface area (Å²) in [5, 5.41) is 2.76. The molecule has 0 aliphatic heterocycles. The number of ether oxygens (including phenoxy) is 4. The SMILES string of the molecule is CCOc1cc(Br)c(CC(=O)OC(C)C(=O)NCc2ccccc2OC)cc1OCC. The van der Waals surface area contributed by atoms with Crippen molar-refractivity contribution < 1.29 is 28.5 Å². The van der Waals surface area contributed by atoms with Gasteiger partial charge < -0.3 is 24.3 Å². The van der Waals surface area contributed by atoms with Crippen LogP contribution >= 0.6 is 15.9 Å². The molecular weight excluding hydrogens is 466 g/mol. The van der Waals surface area contributed by atoms with Crippen molar-refractivity contribution in [1.82, 2.24) is 5.32 Å². The first-order valence-corrected chi connectivity index (χ1v) is 10.9. The molecule has 168 valence electrons. The Bertz CT molecular complexity index is 902. The van der Waals surface area contributed by atoms with Crippen LogP contribution in [0.5, 0.6) is 17.2 Å². The van der Waals surface area contributed by atoms with Crippen molar-refractivity contribution in [2.24, 2.45) is 0 Å². The van der Waals surface area contributed by atoms with Gasteiger partial charge in [0, 0.05) is 16.6 Å². The Balaban J connectivity index is 1.96. The van der Waals surface area contributed by atoms with Crippen LogP contribution in [0, 0.1) is 0 Å². The van der Waals surface area contributed by atoms with Gasteiger partial charge in [-0.2, -0.15) is 0 Å². The van der Waals surface area contributed by atoms with E-state index in [4.69, 9.17) is 18.9 Å². The third-order valence-corrected chi connectivity index (χ3v) is 5.11. The van der Waals surface area contributed by atoms with E-state index in [1.807, 2.05) is 38.1 Å². The number of methoxy groups -OCH3 is 1. The predicted molar refractivity (Wildman–Crippen MR) is 121 cm³/mol. The summed E-state index contributed by atoms with van der Waals surface area (Å²) in [5.41, 5.74) is 1.51. The topological polar surface area (TPSA) is 83.1 Å². The molecule has 0 aliphatic rings. The second-order valence-corrected chi connectivity index (χ2v) is 7.45. The largest absolute Gasteiger partial charge is 0.496 e. The van der Waals surface area contributed by atoms with E-state index in [2.05, 4.69) is 21.2 Å². The maximum absolute atomic E-state index is 12.4. The van der Waals surface area contributed by atoms with E-state index < -0.39 is 12.1 Å². The van der Waals surface area contributed by atoms with Gasteiger partial charge in [0.05, 0.1) is 26.7 Å². The van der Waals surface area contributed by atoms with Crippen LogP contribution in [-0.4, -0.2) is 38.3 Å². The van der Waals surface area contributed by atoms with Crippen LogP contribution in [0.3, 0.4) is 0 Å². The number of para-hydroxylation sites is 1. The van der Waals surface area contributed by atoms with Gasteiger partial charge in [-0.05, 0) is 44.5 Å². The third-order valence-electron chi connectivity index (χ3n) is 4.37. The zero-order valence-corrected chi connectivity index (χ0v) is 19.8. The lowest BCUT2D eigenvalue weighted by atomic mass is 10.1. The molecule has 31 heavy (non-hydrogen) atoms. The Morgan fingerprint density at radius 2 is 1.65 bits per heavy atom. The lowest BCUT2D eigenvalue weighted by molar-refractivity contribution is -0.154. The summed E-state index contributed by atoms with van der Waals surface area (Å²) < 4.78 is 22.5. The van der Waals surface area contributed by atoms with Gasteiger partial charge in [0.2, 0.25) is 0 Å². The molecule has 0 heterocycles. The molecule has 7 nitrogen and oxygen atoms in total. The first kappa shape index (κ1) is 24.5. The minimum absolute atomic E-state index is 0.0167. The van der Waals surface area contributed by atoms with E-state index in [9.17, 15) is 9.59 Å². The van der Waals surface area contributed by atoms with E-state index in [1.54, 1.807) is 19.2 Å². The first-order chi connectivity index (χ1) is 14.9. The predicted octanol–water partition coefficient (Wildman–Crippen LogP) is 4.05. The highest BCUT2D eigenvalue weighted by atomic mass is 79.9. The van der Waals surface area contributed by atoms with Crippen molar-refractivity contribution in [2.75, 3.05) is 20.3 Å². The quantitative estimate of drug-likeness (QED) is 0.475. The molecular formula is C23H28BrNO6. The molecule has 0 aromatic heterocycles. The first-order valence-electron chi connectivity index (χ1n) is 10.1. The highest BCUT2D eigenvalue weighted by Gasteiger charge is 2.20. The molecule has 0 radical (unpaired) electrons. The summed E-state index contributed by atoms with van der Waals surface area (Å²) >= 11 is 3.46. The number of esters is 1. The number of benzene rings is 2. The van der Waals surface area contributed by atoms with Gasteiger partial charge >= 0.3 is 5.97 Å². The van der Waals surface area contributed by atoms with Crippen LogP contribution < -0.4 is 19.5 Å². The molecule has 0 bridgehead atoms. The van der Waals surface area contributed by atoms with Gasteiger partial charge in [0.1, 0.15) is 5.75 Å². The molecule has 1 unspecified atom stereocenters. The van der Waals surface area contributed by atoms with Crippen molar-refractivity contribution >= 4 is 27.8 Å². The van der Waals surface area contributed by atoms with Crippen molar-refractivity contribution in [2.45, 2.75) is 39.8 Å². The fourth-order valence-electron chi connectivity index (χ4n) is 2.87. The Hall–Kier alpha value is -2.74. The lowest BCUT2D eigenvalue weighted by Gasteiger charge is -2.16. The van der Waals surface area contributed by atoms with Gasteiger partial charge in [0.15, 0.2) is 17.6 Å².